The van der Waals surface area contributed by atoms with E-state index in [1.807, 2.05) is 0 Å². The lowest BCUT2D eigenvalue weighted by atomic mass is 9.98. The van der Waals surface area contributed by atoms with Crippen molar-refractivity contribution in [2.24, 2.45) is 5.92 Å². The topological polar surface area (TPSA) is 75.5 Å². The van der Waals surface area contributed by atoms with E-state index in [1.54, 1.807) is 4.90 Å². The van der Waals surface area contributed by atoms with Gasteiger partial charge in [-0.15, -0.1) is 0 Å². The predicted molar refractivity (Wildman–Crippen MR) is 76.9 cm³/mol. The monoisotopic (exact) mass is 295 g/mol. The van der Waals surface area contributed by atoms with Gasteiger partial charge in [0.25, 0.3) is 11.6 Å². The number of carbonyl (C=O) groups excluding carboxylic acids is 1. The molecule has 7 heteroatoms. The molecule has 1 saturated heterocycles. The number of hydrogen-bond donors (Lipinski definition) is 1. The first-order valence-corrected chi connectivity index (χ1v) is 6.89. The van der Waals surface area contributed by atoms with Gasteiger partial charge in [0.1, 0.15) is 5.56 Å². The van der Waals surface area contributed by atoms with Crippen LogP contribution in [0.1, 0.15) is 30.1 Å². The van der Waals surface area contributed by atoms with Gasteiger partial charge < -0.3 is 10.2 Å². The van der Waals surface area contributed by atoms with Crippen LogP contribution in [0.25, 0.3) is 0 Å². The Hall–Kier alpha value is -2.18. The summed E-state index contributed by atoms with van der Waals surface area (Å²) < 4.78 is 13.7. The van der Waals surface area contributed by atoms with Gasteiger partial charge in [0.2, 0.25) is 0 Å². The summed E-state index contributed by atoms with van der Waals surface area (Å²) in [7, 11) is 1.50. The number of nitro groups is 1. The molecule has 1 aliphatic rings. The van der Waals surface area contributed by atoms with Crippen molar-refractivity contribution < 1.29 is 14.1 Å². The van der Waals surface area contributed by atoms with Crippen molar-refractivity contribution in [3.63, 3.8) is 0 Å². The first-order chi connectivity index (χ1) is 9.93. The third-order valence-corrected chi connectivity index (χ3v) is 3.85. The molecule has 0 atom stereocenters. The predicted octanol–water partition coefficient (Wildman–Crippen LogP) is 2.65. The maximum Gasteiger partial charge on any atom is 0.285 e. The van der Waals surface area contributed by atoms with Crippen molar-refractivity contribution in [2.75, 3.05) is 25.5 Å². The number of hydrogen-bond acceptors (Lipinski definition) is 4. The lowest BCUT2D eigenvalue weighted by Gasteiger charge is -2.30. The van der Waals surface area contributed by atoms with E-state index in [-0.39, 0.29) is 11.3 Å². The zero-order valence-electron chi connectivity index (χ0n) is 12.1. The molecule has 1 amide bonds. The summed E-state index contributed by atoms with van der Waals surface area (Å²) in [6.45, 7) is 3.26. The molecule has 1 heterocycles. The smallest absolute Gasteiger partial charge is 0.285 e. The fourth-order valence-corrected chi connectivity index (χ4v) is 2.46. The molecule has 6 nitrogen and oxygen atoms in total. The van der Waals surface area contributed by atoms with Gasteiger partial charge in [-0.1, -0.05) is 6.92 Å². The minimum atomic E-state index is -0.743. The zero-order valence-corrected chi connectivity index (χ0v) is 12.1. The van der Waals surface area contributed by atoms with Crippen molar-refractivity contribution >= 4 is 17.3 Å². The van der Waals surface area contributed by atoms with Crippen LogP contribution in [0.5, 0.6) is 0 Å². The van der Waals surface area contributed by atoms with E-state index < -0.39 is 22.3 Å². The zero-order chi connectivity index (χ0) is 15.6. The van der Waals surface area contributed by atoms with E-state index >= 15 is 0 Å². The molecule has 0 spiro atoms. The van der Waals surface area contributed by atoms with E-state index in [0.29, 0.717) is 19.0 Å². The van der Waals surface area contributed by atoms with Crippen molar-refractivity contribution in [3.8, 4) is 0 Å². The fourth-order valence-electron chi connectivity index (χ4n) is 2.46. The van der Waals surface area contributed by atoms with Crippen LogP contribution < -0.4 is 5.32 Å². The summed E-state index contributed by atoms with van der Waals surface area (Å²) in [6, 6.07) is 2.01. The highest BCUT2D eigenvalue weighted by molar-refractivity contribution is 5.99. The molecule has 0 unspecified atom stereocenters. The van der Waals surface area contributed by atoms with Crippen LogP contribution >= 0.6 is 0 Å². The molecule has 0 aliphatic carbocycles. The van der Waals surface area contributed by atoms with Crippen molar-refractivity contribution in [3.05, 3.63) is 33.6 Å². The highest BCUT2D eigenvalue weighted by Crippen LogP contribution is 2.28. The molecular formula is C14H18FN3O3. The Kier molecular flexibility index (Phi) is 4.40. The van der Waals surface area contributed by atoms with Crippen molar-refractivity contribution in [1.82, 2.24) is 4.90 Å². The van der Waals surface area contributed by atoms with Crippen molar-refractivity contribution in [2.45, 2.75) is 19.8 Å². The van der Waals surface area contributed by atoms with E-state index in [2.05, 4.69) is 12.2 Å². The molecule has 2 rings (SSSR count). The lowest BCUT2D eigenvalue weighted by molar-refractivity contribution is -0.385. The standard InChI is InChI=1S/C14H18FN3O3/c1-9-3-5-17(6-4-9)14(19)10-7-12(16-2)11(15)8-13(10)18(20)21/h7-9,16H,3-6H2,1-2H3. The number of nitrogens with one attached hydrogen (secondary N) is 1. The third kappa shape index (κ3) is 3.12. The van der Waals surface area contributed by atoms with Crippen LogP contribution in [-0.2, 0) is 0 Å². The van der Waals surface area contributed by atoms with E-state index in [0.717, 1.165) is 18.9 Å². The minimum absolute atomic E-state index is 0.0692. The Morgan fingerprint density at radius 3 is 2.57 bits per heavy atom. The van der Waals surface area contributed by atoms with E-state index in [1.165, 1.54) is 13.1 Å². The summed E-state index contributed by atoms with van der Waals surface area (Å²) in [4.78, 5) is 24.4. The van der Waals surface area contributed by atoms with Crippen LogP contribution in [0.2, 0.25) is 0 Å². The number of anilines is 1. The largest absolute Gasteiger partial charge is 0.386 e. The summed E-state index contributed by atoms with van der Waals surface area (Å²) in [5.74, 6) is -0.608. The molecule has 21 heavy (non-hydrogen) atoms. The van der Waals surface area contributed by atoms with Gasteiger partial charge in [-0.05, 0) is 24.8 Å². The maximum atomic E-state index is 13.7. The molecule has 1 aromatic carbocycles. The van der Waals surface area contributed by atoms with Gasteiger partial charge >= 0.3 is 0 Å². The van der Waals surface area contributed by atoms with E-state index in [9.17, 15) is 19.3 Å². The first-order valence-electron chi connectivity index (χ1n) is 6.89. The second-order valence-corrected chi connectivity index (χ2v) is 5.33. The van der Waals surface area contributed by atoms with Gasteiger partial charge in [-0.2, -0.15) is 0 Å². The highest BCUT2D eigenvalue weighted by atomic mass is 19.1. The van der Waals surface area contributed by atoms with E-state index in [4.69, 9.17) is 0 Å². The number of benzene rings is 1. The molecular weight excluding hydrogens is 277 g/mol. The first kappa shape index (κ1) is 15.2. The molecule has 114 valence electrons. The van der Waals surface area contributed by atoms with Crippen LogP contribution in [0.4, 0.5) is 15.8 Å². The molecule has 0 radical (unpaired) electrons. The highest BCUT2D eigenvalue weighted by Gasteiger charge is 2.28. The van der Waals surface area contributed by atoms with Gasteiger partial charge in [0, 0.05) is 20.1 Å². The average Bonchev–Trinajstić information content (AvgIpc) is 2.47. The molecule has 0 aromatic heterocycles. The fraction of sp³-hybridized carbons (Fsp3) is 0.500. The molecule has 0 bridgehead atoms. The number of piperidine rings is 1. The van der Waals surface area contributed by atoms with Crippen molar-refractivity contribution in [1.29, 1.82) is 0 Å². The molecule has 1 fully saturated rings. The number of likely N-dealkylation sites (tertiary alicyclic amines) is 1. The number of amides is 1. The SMILES string of the molecule is CNc1cc(C(=O)N2CCC(C)CC2)c([N+](=O)[O-])cc1F. The third-order valence-electron chi connectivity index (χ3n) is 3.85. The van der Waals surface area contributed by atoms with Crippen LogP contribution in [0.15, 0.2) is 12.1 Å². The number of nitrogens with zero attached hydrogens (tertiary/aromatic N) is 2. The maximum absolute atomic E-state index is 13.7. The van der Waals surface area contributed by atoms with Crippen LogP contribution in [-0.4, -0.2) is 35.9 Å². The number of rotatable bonds is 3. The van der Waals surface area contributed by atoms with Gasteiger partial charge in [0.05, 0.1) is 16.7 Å². The van der Waals surface area contributed by atoms with Crippen LogP contribution in [0, 0.1) is 21.8 Å². The lowest BCUT2D eigenvalue weighted by Crippen LogP contribution is -2.38. The summed E-state index contributed by atoms with van der Waals surface area (Å²) in [5.41, 5.74) is -0.482. The minimum Gasteiger partial charge on any atom is -0.386 e. The quantitative estimate of drug-likeness (QED) is 0.687. The Labute approximate surface area is 122 Å². The summed E-state index contributed by atoms with van der Waals surface area (Å²) >= 11 is 0. The molecule has 1 N–H and O–H groups in total. The Balaban J connectivity index is 2.37. The van der Waals surface area contributed by atoms with Gasteiger partial charge in [-0.3, -0.25) is 14.9 Å². The normalized spacial score (nSPS) is 15.9. The second-order valence-electron chi connectivity index (χ2n) is 5.33. The van der Waals surface area contributed by atoms with Crippen LogP contribution in [0.3, 0.4) is 0 Å². The Bertz CT molecular complexity index is 569. The Morgan fingerprint density at radius 2 is 2.05 bits per heavy atom. The Morgan fingerprint density at radius 1 is 1.43 bits per heavy atom. The molecule has 0 saturated carbocycles. The second kappa shape index (κ2) is 6.07. The number of carbonyl (C=O) groups is 1. The van der Waals surface area contributed by atoms with Gasteiger partial charge in [-0.25, -0.2) is 4.39 Å². The number of halogens is 1. The summed E-state index contributed by atoms with van der Waals surface area (Å²) in [6.07, 6.45) is 1.75. The summed E-state index contributed by atoms with van der Waals surface area (Å²) in [5, 5.41) is 13.7. The number of nitro benzene ring substituents is 1. The van der Waals surface area contributed by atoms with Gasteiger partial charge in [0.15, 0.2) is 5.82 Å². The molecule has 1 aromatic rings. The average molecular weight is 295 g/mol. The molecule has 1 aliphatic heterocycles.